The number of allylic oxidation sites excluding steroid dienone is 4. The molecule has 0 unspecified atom stereocenters. The highest BCUT2D eigenvalue weighted by atomic mass is 17.1. The molecule has 2 N–H and O–H groups in total. The molecule has 0 fully saturated rings. The second-order valence-electron chi connectivity index (χ2n) is 5.67. The molecule has 0 aliphatic rings. The van der Waals surface area contributed by atoms with E-state index in [1.54, 1.807) is 0 Å². The molecule has 4 heteroatoms. The molecule has 0 amide bonds. The Morgan fingerprint density at radius 3 is 2.09 bits per heavy atom. The van der Waals surface area contributed by atoms with Crippen molar-refractivity contribution in [1.82, 2.24) is 0 Å². The largest absolute Gasteiger partial charge is 0.481 e. The molecule has 4 nitrogen and oxygen atoms in total. The maximum Gasteiger partial charge on any atom is 0.306 e. The highest BCUT2D eigenvalue weighted by Gasteiger charge is 2.12. The van der Waals surface area contributed by atoms with Crippen LogP contribution in [0.5, 0.6) is 0 Å². The van der Waals surface area contributed by atoms with Crippen LogP contribution in [0.25, 0.3) is 0 Å². The van der Waals surface area contributed by atoms with Gasteiger partial charge in [-0.05, 0) is 32.1 Å². The first kappa shape index (κ1) is 20.9. The van der Waals surface area contributed by atoms with E-state index < -0.39 is 12.1 Å². The van der Waals surface area contributed by atoms with Crippen molar-refractivity contribution in [3.05, 3.63) is 24.3 Å². The Morgan fingerprint density at radius 2 is 1.59 bits per heavy atom. The van der Waals surface area contributed by atoms with E-state index in [1.807, 2.05) is 0 Å². The topological polar surface area (TPSA) is 66.8 Å². The molecule has 0 aliphatic carbocycles. The summed E-state index contributed by atoms with van der Waals surface area (Å²) < 4.78 is 0. The quantitative estimate of drug-likeness (QED) is 0.185. The number of hydrogen-bond donors (Lipinski definition) is 2. The lowest BCUT2D eigenvalue weighted by molar-refractivity contribution is -0.280. The molecule has 128 valence electrons. The number of carboxylic acid groups (broad SMARTS) is 1. The number of rotatable bonds is 15. The Hall–Kier alpha value is -1.13. The summed E-state index contributed by atoms with van der Waals surface area (Å²) in [5.74, 6) is -0.941. The van der Waals surface area contributed by atoms with Crippen molar-refractivity contribution >= 4 is 5.97 Å². The van der Waals surface area contributed by atoms with Gasteiger partial charge in [0.25, 0.3) is 0 Å². The number of hydrogen-bond acceptors (Lipinski definition) is 3. The monoisotopic (exact) mass is 312 g/mol. The highest BCUT2D eigenvalue weighted by molar-refractivity contribution is 5.67. The normalized spacial score (nSPS) is 13.2. The van der Waals surface area contributed by atoms with Crippen molar-refractivity contribution in [2.45, 2.75) is 83.7 Å². The van der Waals surface area contributed by atoms with E-state index in [4.69, 9.17) is 10.4 Å². The number of carbonyl (C=O) groups is 1. The van der Waals surface area contributed by atoms with Crippen LogP contribution in [0.4, 0.5) is 0 Å². The molecule has 0 saturated heterocycles. The summed E-state index contributed by atoms with van der Waals surface area (Å²) in [6, 6.07) is 0. The predicted octanol–water partition coefficient (Wildman–Crippen LogP) is 5.35. The van der Waals surface area contributed by atoms with Crippen LogP contribution in [0.2, 0.25) is 0 Å². The summed E-state index contributed by atoms with van der Waals surface area (Å²) >= 11 is 0. The first-order valence-electron chi connectivity index (χ1n) is 8.54. The molecule has 0 radical (unpaired) electrons. The van der Waals surface area contributed by atoms with Crippen LogP contribution in [-0.2, 0) is 9.68 Å². The molecule has 0 bridgehead atoms. The molecule has 1 atom stereocenters. The standard InChI is InChI=1S/C18H32O4/c1-2-3-4-5-6-7-8-9-10-11-12-13-14-15-17(22-21)16-18(19)20/h7-10,17,21H,2-6,11-16H2,1H3,(H,19,20)/b8-7+,10-9-/t17-/m0/s1. The SMILES string of the molecule is CCCCCC/C=C/C=C\CCCCC[C@@H](CC(=O)O)OO. The van der Waals surface area contributed by atoms with Crippen molar-refractivity contribution in [2.75, 3.05) is 0 Å². The van der Waals surface area contributed by atoms with E-state index in [2.05, 4.69) is 36.1 Å². The van der Waals surface area contributed by atoms with Crippen LogP contribution in [0.3, 0.4) is 0 Å². The molecule has 0 aromatic carbocycles. The zero-order chi connectivity index (χ0) is 16.5. The van der Waals surface area contributed by atoms with Crippen LogP contribution in [0, 0.1) is 0 Å². The van der Waals surface area contributed by atoms with Crippen LogP contribution in [0.1, 0.15) is 77.6 Å². The van der Waals surface area contributed by atoms with Gasteiger partial charge in [0.2, 0.25) is 0 Å². The number of carboxylic acids is 1. The van der Waals surface area contributed by atoms with E-state index >= 15 is 0 Å². The molecule has 0 spiro atoms. The smallest absolute Gasteiger partial charge is 0.306 e. The van der Waals surface area contributed by atoms with Gasteiger partial charge >= 0.3 is 5.97 Å². The first-order chi connectivity index (χ1) is 10.7. The van der Waals surface area contributed by atoms with Crippen molar-refractivity contribution in [3.63, 3.8) is 0 Å². The minimum Gasteiger partial charge on any atom is -0.481 e. The summed E-state index contributed by atoms with van der Waals surface area (Å²) in [5, 5.41) is 17.2. The molecule has 22 heavy (non-hydrogen) atoms. The van der Waals surface area contributed by atoms with Gasteiger partial charge in [-0.25, -0.2) is 4.89 Å². The summed E-state index contributed by atoms with van der Waals surface area (Å²) in [6.07, 6.45) is 18.9. The van der Waals surface area contributed by atoms with Gasteiger partial charge in [-0.3, -0.25) is 10.1 Å². The second kappa shape index (κ2) is 16.2. The zero-order valence-electron chi connectivity index (χ0n) is 13.9. The summed E-state index contributed by atoms with van der Waals surface area (Å²) in [4.78, 5) is 14.7. The lowest BCUT2D eigenvalue weighted by Crippen LogP contribution is -2.15. The minimum absolute atomic E-state index is 0.139. The number of aliphatic carboxylic acids is 1. The highest BCUT2D eigenvalue weighted by Crippen LogP contribution is 2.11. The van der Waals surface area contributed by atoms with Crippen molar-refractivity contribution in [1.29, 1.82) is 0 Å². The Morgan fingerprint density at radius 1 is 1.00 bits per heavy atom. The maximum atomic E-state index is 10.5. The third-order valence-electron chi connectivity index (χ3n) is 3.56. The molecule has 0 saturated carbocycles. The maximum absolute atomic E-state index is 10.5. The van der Waals surface area contributed by atoms with Gasteiger partial charge < -0.3 is 5.11 Å². The van der Waals surface area contributed by atoms with E-state index in [-0.39, 0.29) is 6.42 Å². The van der Waals surface area contributed by atoms with E-state index in [1.165, 1.54) is 25.7 Å². The molecule has 0 heterocycles. The Labute approximate surface area is 134 Å². The van der Waals surface area contributed by atoms with Gasteiger partial charge in [0.1, 0.15) is 6.10 Å². The third kappa shape index (κ3) is 15.3. The zero-order valence-corrected chi connectivity index (χ0v) is 13.9. The molecular weight excluding hydrogens is 280 g/mol. The molecule has 0 aliphatic heterocycles. The van der Waals surface area contributed by atoms with Gasteiger partial charge in [-0.15, -0.1) is 0 Å². The fourth-order valence-electron chi connectivity index (χ4n) is 2.24. The summed E-state index contributed by atoms with van der Waals surface area (Å²) in [7, 11) is 0. The van der Waals surface area contributed by atoms with Crippen molar-refractivity contribution in [3.8, 4) is 0 Å². The van der Waals surface area contributed by atoms with Crippen molar-refractivity contribution < 1.29 is 20.0 Å². The van der Waals surface area contributed by atoms with Crippen LogP contribution < -0.4 is 0 Å². The third-order valence-corrected chi connectivity index (χ3v) is 3.56. The lowest BCUT2D eigenvalue weighted by atomic mass is 10.1. The fraction of sp³-hybridized carbons (Fsp3) is 0.722. The van der Waals surface area contributed by atoms with Crippen LogP contribution in [-0.4, -0.2) is 22.4 Å². The summed E-state index contributed by atoms with van der Waals surface area (Å²) in [6.45, 7) is 2.22. The second-order valence-corrected chi connectivity index (χ2v) is 5.67. The van der Waals surface area contributed by atoms with Crippen LogP contribution >= 0.6 is 0 Å². The molecule has 0 aromatic heterocycles. The van der Waals surface area contributed by atoms with Crippen molar-refractivity contribution in [2.24, 2.45) is 0 Å². The predicted molar refractivity (Wildman–Crippen MR) is 89.9 cm³/mol. The Bertz CT molecular complexity index is 310. The summed E-state index contributed by atoms with van der Waals surface area (Å²) in [5.41, 5.74) is 0. The number of unbranched alkanes of at least 4 members (excludes halogenated alkanes) is 7. The van der Waals surface area contributed by atoms with Gasteiger partial charge in [0, 0.05) is 0 Å². The average Bonchev–Trinajstić information content (AvgIpc) is 2.50. The van der Waals surface area contributed by atoms with E-state index in [9.17, 15) is 4.79 Å². The van der Waals surface area contributed by atoms with Crippen LogP contribution in [0.15, 0.2) is 24.3 Å². The van der Waals surface area contributed by atoms with Gasteiger partial charge in [-0.2, -0.15) is 0 Å². The molecular formula is C18H32O4. The van der Waals surface area contributed by atoms with Gasteiger partial charge in [0.15, 0.2) is 0 Å². The Balaban J connectivity index is 3.42. The molecule has 0 aromatic rings. The van der Waals surface area contributed by atoms with E-state index in [0.29, 0.717) is 6.42 Å². The van der Waals surface area contributed by atoms with E-state index in [0.717, 1.165) is 32.1 Å². The average molecular weight is 312 g/mol. The minimum atomic E-state index is -0.941. The lowest BCUT2D eigenvalue weighted by Gasteiger charge is -2.09. The first-order valence-corrected chi connectivity index (χ1v) is 8.54. The fourth-order valence-corrected chi connectivity index (χ4v) is 2.24. The van der Waals surface area contributed by atoms with Gasteiger partial charge in [-0.1, -0.05) is 63.3 Å². The Kier molecular flexibility index (Phi) is 15.4. The molecule has 0 rings (SSSR count). The van der Waals surface area contributed by atoms with Gasteiger partial charge in [0.05, 0.1) is 6.42 Å².